The van der Waals surface area contributed by atoms with Gasteiger partial charge in [0, 0.05) is 18.1 Å². The van der Waals surface area contributed by atoms with Gasteiger partial charge in [-0.05, 0) is 6.42 Å². The van der Waals surface area contributed by atoms with E-state index in [2.05, 4.69) is 23.3 Å². The largest absolute Gasteiger partial charge is 0.480 e. The van der Waals surface area contributed by atoms with Crippen LogP contribution in [0.15, 0.2) is 0 Å². The van der Waals surface area contributed by atoms with Gasteiger partial charge in [0.2, 0.25) is 11.8 Å². The first-order valence-electron chi connectivity index (χ1n) is 6.88. The van der Waals surface area contributed by atoms with Crippen LogP contribution in [0.4, 0.5) is 0 Å². The topological polar surface area (TPSA) is 139 Å². The molecule has 0 aliphatic carbocycles. The first kappa shape index (κ1) is 20.4. The molecule has 2 unspecified atom stereocenters. The van der Waals surface area contributed by atoms with E-state index in [0.717, 1.165) is 0 Å². The Kier molecular flexibility index (Phi) is 9.43. The van der Waals surface area contributed by atoms with E-state index in [1.54, 1.807) is 13.8 Å². The third-order valence-corrected chi connectivity index (χ3v) is 3.23. The quantitative estimate of drug-likeness (QED) is 0.323. The van der Waals surface area contributed by atoms with E-state index in [9.17, 15) is 19.2 Å². The maximum atomic E-state index is 11.7. The van der Waals surface area contributed by atoms with Crippen molar-refractivity contribution in [2.75, 3.05) is 12.3 Å². The molecule has 5 N–H and O–H groups in total. The molecule has 9 heteroatoms. The Morgan fingerprint density at radius 1 is 1.23 bits per heavy atom. The maximum absolute atomic E-state index is 11.7. The average molecular weight is 333 g/mol. The van der Waals surface area contributed by atoms with Gasteiger partial charge in [0.25, 0.3) is 0 Å². The Bertz CT molecular complexity index is 428. The molecule has 0 saturated heterocycles. The second-order valence-corrected chi connectivity index (χ2v) is 5.48. The first-order valence-corrected chi connectivity index (χ1v) is 7.51. The predicted octanol–water partition coefficient (Wildman–Crippen LogP) is -1.07. The molecule has 0 saturated carbocycles. The van der Waals surface area contributed by atoms with Gasteiger partial charge in [0.1, 0.15) is 12.6 Å². The van der Waals surface area contributed by atoms with Crippen LogP contribution in [0.3, 0.4) is 0 Å². The second-order valence-electron chi connectivity index (χ2n) is 5.12. The number of hydrogen-bond acceptors (Lipinski definition) is 6. The van der Waals surface area contributed by atoms with Crippen molar-refractivity contribution in [3.05, 3.63) is 0 Å². The summed E-state index contributed by atoms with van der Waals surface area (Å²) < 4.78 is 0. The number of carboxylic acid groups (broad SMARTS) is 1. The molecule has 126 valence electrons. The normalized spacial score (nSPS) is 13.3. The minimum atomic E-state index is -1.18. The molecule has 22 heavy (non-hydrogen) atoms. The Labute approximate surface area is 134 Å². The fourth-order valence-corrected chi connectivity index (χ4v) is 1.86. The summed E-state index contributed by atoms with van der Waals surface area (Å²) in [6.45, 7) is 2.92. The van der Waals surface area contributed by atoms with Gasteiger partial charge in [0.15, 0.2) is 5.78 Å². The third kappa shape index (κ3) is 7.99. The fraction of sp³-hybridized carbons (Fsp3) is 0.692. The molecule has 0 rings (SSSR count). The van der Waals surface area contributed by atoms with Crippen LogP contribution >= 0.6 is 12.6 Å². The van der Waals surface area contributed by atoms with Crippen molar-refractivity contribution in [3.8, 4) is 0 Å². The van der Waals surface area contributed by atoms with Crippen LogP contribution in [-0.2, 0) is 19.2 Å². The van der Waals surface area contributed by atoms with Crippen molar-refractivity contribution >= 4 is 36.2 Å². The Morgan fingerprint density at radius 3 is 2.27 bits per heavy atom. The SMILES string of the molecule is CC(C)C(=O)C(N)CCC(=O)NC(CS)C(=O)NCC(=O)O. The molecule has 0 aliphatic heterocycles. The van der Waals surface area contributed by atoms with Crippen molar-refractivity contribution in [3.63, 3.8) is 0 Å². The molecule has 0 bridgehead atoms. The lowest BCUT2D eigenvalue weighted by molar-refractivity contribution is -0.138. The lowest BCUT2D eigenvalue weighted by atomic mass is 9.99. The van der Waals surface area contributed by atoms with Crippen molar-refractivity contribution in [1.29, 1.82) is 0 Å². The number of hydrogen-bond donors (Lipinski definition) is 5. The Hall–Kier alpha value is -1.61. The lowest BCUT2D eigenvalue weighted by Crippen LogP contribution is -2.49. The van der Waals surface area contributed by atoms with Gasteiger partial charge >= 0.3 is 5.97 Å². The summed E-state index contributed by atoms with van der Waals surface area (Å²) in [7, 11) is 0. The molecule has 0 radical (unpaired) electrons. The zero-order chi connectivity index (χ0) is 17.3. The van der Waals surface area contributed by atoms with E-state index in [1.165, 1.54) is 0 Å². The number of carbonyl (C=O) groups excluding carboxylic acids is 3. The van der Waals surface area contributed by atoms with Crippen LogP contribution in [0, 0.1) is 5.92 Å². The molecule has 0 aromatic heterocycles. The predicted molar refractivity (Wildman–Crippen MR) is 83.5 cm³/mol. The van der Waals surface area contributed by atoms with Crippen molar-refractivity contribution in [2.24, 2.45) is 11.7 Å². The molecular formula is C13H23N3O5S. The molecule has 0 aliphatic rings. The van der Waals surface area contributed by atoms with E-state index >= 15 is 0 Å². The Balaban J connectivity index is 4.29. The molecule has 0 aromatic carbocycles. The van der Waals surface area contributed by atoms with Crippen LogP contribution in [0.2, 0.25) is 0 Å². The summed E-state index contributed by atoms with van der Waals surface area (Å²) in [5.41, 5.74) is 5.68. The maximum Gasteiger partial charge on any atom is 0.322 e. The molecule has 2 atom stereocenters. The highest BCUT2D eigenvalue weighted by Crippen LogP contribution is 2.04. The number of thiol groups is 1. The zero-order valence-corrected chi connectivity index (χ0v) is 13.6. The molecular weight excluding hydrogens is 310 g/mol. The van der Waals surface area contributed by atoms with Crippen molar-refractivity contribution in [2.45, 2.75) is 38.8 Å². The van der Waals surface area contributed by atoms with E-state index in [-0.39, 0.29) is 30.3 Å². The highest BCUT2D eigenvalue weighted by molar-refractivity contribution is 7.80. The van der Waals surface area contributed by atoms with Crippen LogP contribution in [-0.4, -0.2) is 53.1 Å². The van der Waals surface area contributed by atoms with Gasteiger partial charge in [-0.15, -0.1) is 0 Å². The molecule has 8 nitrogen and oxygen atoms in total. The van der Waals surface area contributed by atoms with Gasteiger partial charge in [-0.25, -0.2) is 0 Å². The van der Waals surface area contributed by atoms with Crippen molar-refractivity contribution in [1.82, 2.24) is 10.6 Å². The summed E-state index contributed by atoms with van der Waals surface area (Å²) in [6.07, 6.45) is 0.176. The van der Waals surface area contributed by atoms with E-state index in [4.69, 9.17) is 10.8 Å². The standard InChI is InChI=1S/C13H23N3O5S/c1-7(2)12(20)8(14)3-4-10(17)16-9(6-22)13(21)15-5-11(18)19/h7-9,22H,3-6,14H2,1-2H3,(H,15,21)(H,16,17)(H,18,19). The number of aliphatic carboxylic acids is 1. The van der Waals surface area contributed by atoms with Crippen LogP contribution < -0.4 is 16.4 Å². The molecule has 0 aromatic rings. The van der Waals surface area contributed by atoms with Gasteiger partial charge in [-0.1, -0.05) is 13.8 Å². The van der Waals surface area contributed by atoms with Gasteiger partial charge in [0.05, 0.1) is 6.04 Å². The molecule has 2 amide bonds. The number of nitrogens with one attached hydrogen (secondary N) is 2. The third-order valence-electron chi connectivity index (χ3n) is 2.87. The minimum absolute atomic E-state index is 0.00385. The number of rotatable bonds is 10. The summed E-state index contributed by atoms with van der Waals surface area (Å²) in [5.74, 6) is -2.57. The van der Waals surface area contributed by atoms with Crippen molar-refractivity contribution < 1.29 is 24.3 Å². The smallest absolute Gasteiger partial charge is 0.322 e. The number of ketones is 1. The number of Topliss-reactive ketones (excluding diaryl/α,β-unsaturated/α-hetero) is 1. The number of carboxylic acids is 1. The van der Waals surface area contributed by atoms with E-state index in [1.807, 2.05) is 0 Å². The number of amides is 2. The fourth-order valence-electron chi connectivity index (χ4n) is 1.60. The summed E-state index contributed by atoms with van der Waals surface area (Å²) >= 11 is 3.94. The highest BCUT2D eigenvalue weighted by atomic mass is 32.1. The van der Waals surface area contributed by atoms with Crippen LogP contribution in [0.1, 0.15) is 26.7 Å². The monoisotopic (exact) mass is 333 g/mol. The minimum Gasteiger partial charge on any atom is -0.480 e. The summed E-state index contributed by atoms with van der Waals surface area (Å²) in [5, 5.41) is 13.1. The van der Waals surface area contributed by atoms with Crippen LogP contribution in [0.5, 0.6) is 0 Å². The zero-order valence-electron chi connectivity index (χ0n) is 12.7. The molecule has 0 heterocycles. The molecule has 0 spiro atoms. The van der Waals surface area contributed by atoms with E-state index in [0.29, 0.717) is 0 Å². The summed E-state index contributed by atoms with van der Waals surface area (Å²) in [4.78, 5) is 45.3. The van der Waals surface area contributed by atoms with Gasteiger partial charge in [-0.3, -0.25) is 19.2 Å². The number of nitrogens with two attached hydrogens (primary N) is 1. The van der Waals surface area contributed by atoms with E-state index < -0.39 is 36.4 Å². The van der Waals surface area contributed by atoms with Gasteiger partial charge in [-0.2, -0.15) is 12.6 Å². The van der Waals surface area contributed by atoms with Crippen LogP contribution in [0.25, 0.3) is 0 Å². The first-order chi connectivity index (χ1) is 10.2. The highest BCUT2D eigenvalue weighted by Gasteiger charge is 2.22. The number of carbonyl (C=O) groups is 4. The van der Waals surface area contributed by atoms with Gasteiger partial charge < -0.3 is 21.5 Å². The lowest BCUT2D eigenvalue weighted by Gasteiger charge is -2.17. The average Bonchev–Trinajstić information content (AvgIpc) is 2.46. The molecule has 0 fully saturated rings. The second kappa shape index (κ2) is 10.2. The Morgan fingerprint density at radius 2 is 1.82 bits per heavy atom. The summed E-state index contributed by atoms with van der Waals surface area (Å²) in [6, 6.07) is -1.66.